The molecule has 5 heteroatoms. The maximum atomic E-state index is 12.7. The minimum absolute atomic E-state index is 0.0201. The highest BCUT2D eigenvalue weighted by Gasteiger charge is 2.32. The molecule has 0 aromatic heterocycles. The summed E-state index contributed by atoms with van der Waals surface area (Å²) in [5, 5.41) is -0.197. The fourth-order valence-electron chi connectivity index (χ4n) is 2.12. The summed E-state index contributed by atoms with van der Waals surface area (Å²) in [6.45, 7) is 0. The van der Waals surface area contributed by atoms with Crippen molar-refractivity contribution in [3.8, 4) is 0 Å². The van der Waals surface area contributed by atoms with Crippen LogP contribution in [0.1, 0.15) is 12.0 Å². The maximum absolute atomic E-state index is 12.7. The van der Waals surface area contributed by atoms with Crippen LogP contribution < -0.4 is 0 Å². The first-order valence-electron chi connectivity index (χ1n) is 5.55. The van der Waals surface area contributed by atoms with Gasteiger partial charge in [-0.3, -0.25) is 0 Å². The molecule has 0 bridgehead atoms. The largest absolute Gasteiger partial charge is 0.229 e. The van der Waals surface area contributed by atoms with Crippen LogP contribution >= 0.6 is 11.6 Å². The van der Waals surface area contributed by atoms with E-state index >= 15 is 0 Å². The summed E-state index contributed by atoms with van der Waals surface area (Å²) in [5.41, 5.74) is 0.940. The number of alkyl halides is 1. The Hall–Kier alpha value is -0.610. The monoisotopic (exact) mass is 276 g/mol. The van der Waals surface area contributed by atoms with Gasteiger partial charge in [0.15, 0.2) is 9.84 Å². The number of benzene rings is 1. The average Bonchev–Trinajstić information content (AvgIpc) is 2.62. The van der Waals surface area contributed by atoms with Crippen LogP contribution in [0.15, 0.2) is 24.3 Å². The summed E-state index contributed by atoms with van der Waals surface area (Å²) < 4.78 is 35.4. The number of hydrogen-bond donors (Lipinski definition) is 0. The molecule has 1 fully saturated rings. The SMILES string of the molecule is O=S1(=O)CCC(C(Cl)Cc2ccc(F)cc2)C1. The van der Waals surface area contributed by atoms with Gasteiger partial charge in [0.05, 0.1) is 11.5 Å². The number of halogens is 2. The first-order valence-corrected chi connectivity index (χ1v) is 7.81. The van der Waals surface area contributed by atoms with Crippen LogP contribution in [0.5, 0.6) is 0 Å². The molecule has 2 unspecified atom stereocenters. The molecule has 1 aromatic carbocycles. The van der Waals surface area contributed by atoms with Crippen molar-refractivity contribution in [2.24, 2.45) is 5.92 Å². The van der Waals surface area contributed by atoms with E-state index in [-0.39, 0.29) is 28.6 Å². The highest BCUT2D eigenvalue weighted by atomic mass is 35.5. The Morgan fingerprint density at radius 1 is 1.35 bits per heavy atom. The van der Waals surface area contributed by atoms with Gasteiger partial charge >= 0.3 is 0 Å². The average molecular weight is 277 g/mol. The molecule has 0 amide bonds. The van der Waals surface area contributed by atoms with Crippen LogP contribution in [0.2, 0.25) is 0 Å². The topological polar surface area (TPSA) is 34.1 Å². The van der Waals surface area contributed by atoms with E-state index in [1.165, 1.54) is 12.1 Å². The Labute approximate surface area is 106 Å². The van der Waals surface area contributed by atoms with Crippen molar-refractivity contribution in [3.05, 3.63) is 35.6 Å². The molecule has 1 aliphatic rings. The number of sulfone groups is 1. The summed E-state index contributed by atoms with van der Waals surface area (Å²) in [6, 6.07) is 6.16. The van der Waals surface area contributed by atoms with Crippen molar-refractivity contribution in [2.45, 2.75) is 18.2 Å². The third-order valence-electron chi connectivity index (χ3n) is 3.12. The van der Waals surface area contributed by atoms with Gasteiger partial charge in [-0.1, -0.05) is 12.1 Å². The zero-order valence-electron chi connectivity index (χ0n) is 9.27. The van der Waals surface area contributed by atoms with Gasteiger partial charge in [0.25, 0.3) is 0 Å². The van der Waals surface area contributed by atoms with Crippen molar-refractivity contribution in [3.63, 3.8) is 0 Å². The number of hydrogen-bond acceptors (Lipinski definition) is 2. The van der Waals surface area contributed by atoms with Crippen molar-refractivity contribution < 1.29 is 12.8 Å². The fraction of sp³-hybridized carbons (Fsp3) is 0.500. The van der Waals surface area contributed by atoms with Gasteiger partial charge in [-0.25, -0.2) is 12.8 Å². The molecule has 0 saturated carbocycles. The second-order valence-electron chi connectivity index (χ2n) is 4.51. The predicted octanol–water partition coefficient (Wildman–Crippen LogP) is 2.41. The smallest absolute Gasteiger partial charge is 0.150 e. The van der Waals surface area contributed by atoms with Crippen LogP contribution in [0.4, 0.5) is 4.39 Å². The van der Waals surface area contributed by atoms with E-state index in [9.17, 15) is 12.8 Å². The summed E-state index contributed by atoms with van der Waals surface area (Å²) in [6.07, 6.45) is 1.22. The molecule has 2 atom stereocenters. The van der Waals surface area contributed by atoms with E-state index in [0.717, 1.165) is 5.56 Å². The van der Waals surface area contributed by atoms with Gasteiger partial charge in [0.1, 0.15) is 5.82 Å². The van der Waals surface area contributed by atoms with Gasteiger partial charge in [0.2, 0.25) is 0 Å². The number of rotatable bonds is 3. The van der Waals surface area contributed by atoms with E-state index in [0.29, 0.717) is 12.8 Å². The molecule has 0 spiro atoms. The van der Waals surface area contributed by atoms with E-state index in [4.69, 9.17) is 11.6 Å². The van der Waals surface area contributed by atoms with Crippen LogP contribution in [0.3, 0.4) is 0 Å². The minimum Gasteiger partial charge on any atom is -0.229 e. The lowest BCUT2D eigenvalue weighted by Crippen LogP contribution is -2.18. The van der Waals surface area contributed by atoms with Gasteiger partial charge in [-0.15, -0.1) is 11.6 Å². The highest BCUT2D eigenvalue weighted by molar-refractivity contribution is 7.91. The van der Waals surface area contributed by atoms with Crippen molar-refractivity contribution in [2.75, 3.05) is 11.5 Å². The third kappa shape index (κ3) is 3.42. The van der Waals surface area contributed by atoms with Crippen LogP contribution in [-0.4, -0.2) is 25.3 Å². The molecule has 94 valence electrons. The second kappa shape index (κ2) is 4.94. The van der Waals surface area contributed by atoms with Crippen molar-refractivity contribution in [1.82, 2.24) is 0 Å². The molecule has 1 aromatic rings. The first kappa shape index (κ1) is 12.8. The van der Waals surface area contributed by atoms with Crippen LogP contribution in [0.25, 0.3) is 0 Å². The molecule has 0 radical (unpaired) electrons. The fourth-order valence-corrected chi connectivity index (χ4v) is 4.50. The van der Waals surface area contributed by atoms with Crippen LogP contribution in [0, 0.1) is 11.7 Å². The van der Waals surface area contributed by atoms with Gasteiger partial charge in [0, 0.05) is 5.38 Å². The van der Waals surface area contributed by atoms with Gasteiger partial charge < -0.3 is 0 Å². The Bertz CT molecular complexity index is 484. The quantitative estimate of drug-likeness (QED) is 0.795. The van der Waals surface area contributed by atoms with E-state index in [1.807, 2.05) is 0 Å². The predicted molar refractivity (Wildman–Crippen MR) is 66.5 cm³/mol. The Morgan fingerprint density at radius 3 is 2.53 bits per heavy atom. The highest BCUT2D eigenvalue weighted by Crippen LogP contribution is 2.27. The molecular formula is C12H14ClFO2S. The van der Waals surface area contributed by atoms with Crippen LogP contribution in [-0.2, 0) is 16.3 Å². The summed E-state index contributed by atoms with van der Waals surface area (Å²) in [7, 11) is -2.88. The molecule has 1 heterocycles. The van der Waals surface area contributed by atoms with Gasteiger partial charge in [-0.05, 0) is 36.5 Å². The molecule has 0 N–H and O–H groups in total. The second-order valence-corrected chi connectivity index (χ2v) is 7.30. The normalized spacial score (nSPS) is 24.7. The lowest BCUT2D eigenvalue weighted by Gasteiger charge is -2.15. The van der Waals surface area contributed by atoms with E-state index in [1.54, 1.807) is 12.1 Å². The Kier molecular flexibility index (Phi) is 3.73. The van der Waals surface area contributed by atoms with Crippen molar-refractivity contribution in [1.29, 1.82) is 0 Å². The summed E-state index contributed by atoms with van der Waals surface area (Å²) in [4.78, 5) is 0. The zero-order chi connectivity index (χ0) is 12.5. The standard InChI is InChI=1S/C12H14ClFO2S/c13-12(10-5-6-17(15,16)8-10)7-9-1-3-11(14)4-2-9/h1-4,10,12H,5-8H2. The minimum atomic E-state index is -2.88. The molecule has 1 aliphatic heterocycles. The third-order valence-corrected chi connectivity index (χ3v) is 5.43. The lowest BCUT2D eigenvalue weighted by atomic mass is 9.98. The summed E-state index contributed by atoms with van der Waals surface area (Å²) >= 11 is 6.23. The molecule has 2 rings (SSSR count). The first-order chi connectivity index (χ1) is 7.96. The molecule has 2 nitrogen and oxygen atoms in total. The molecule has 0 aliphatic carbocycles. The Morgan fingerprint density at radius 2 is 2.00 bits per heavy atom. The Balaban J connectivity index is 1.98. The summed E-state index contributed by atoms with van der Waals surface area (Å²) in [5.74, 6) is 0.169. The maximum Gasteiger partial charge on any atom is 0.150 e. The van der Waals surface area contributed by atoms with Gasteiger partial charge in [-0.2, -0.15) is 0 Å². The zero-order valence-corrected chi connectivity index (χ0v) is 10.8. The molecule has 1 saturated heterocycles. The molecule has 17 heavy (non-hydrogen) atoms. The van der Waals surface area contributed by atoms with Crippen molar-refractivity contribution >= 4 is 21.4 Å². The van der Waals surface area contributed by atoms with E-state index < -0.39 is 9.84 Å². The van der Waals surface area contributed by atoms with E-state index in [2.05, 4.69) is 0 Å². The lowest BCUT2D eigenvalue weighted by molar-refractivity contribution is 0.550. The molecular weight excluding hydrogens is 263 g/mol.